The summed E-state index contributed by atoms with van der Waals surface area (Å²) in [4.78, 5) is 10.6. The Balaban J connectivity index is 1.58. The van der Waals surface area contributed by atoms with E-state index in [0.29, 0.717) is 12.5 Å². The van der Waals surface area contributed by atoms with Crippen LogP contribution in [0, 0.1) is 11.7 Å². The lowest BCUT2D eigenvalue weighted by molar-refractivity contribution is -0.108. The summed E-state index contributed by atoms with van der Waals surface area (Å²) < 4.78 is 18.4. The van der Waals surface area contributed by atoms with Gasteiger partial charge in [-0.15, -0.1) is 0 Å². The fourth-order valence-electron chi connectivity index (χ4n) is 2.31. The van der Waals surface area contributed by atoms with E-state index in [4.69, 9.17) is 4.74 Å². The molecule has 0 bridgehead atoms. The van der Waals surface area contributed by atoms with E-state index in [2.05, 4.69) is 0 Å². The normalized spacial score (nSPS) is 20.4. The molecule has 2 nitrogen and oxygen atoms in total. The van der Waals surface area contributed by atoms with Crippen LogP contribution in [-0.2, 0) is 11.4 Å². The van der Waals surface area contributed by atoms with Gasteiger partial charge < -0.3 is 9.53 Å². The maximum atomic E-state index is 12.8. The first-order valence-electron chi connectivity index (χ1n) is 6.69. The molecule has 3 rings (SSSR count). The van der Waals surface area contributed by atoms with Crippen LogP contribution in [0.5, 0.6) is 5.75 Å². The zero-order chi connectivity index (χ0) is 13.9. The highest BCUT2D eigenvalue weighted by Gasteiger charge is 2.37. The maximum Gasteiger partial charge on any atom is 0.123 e. The standard InChI is InChI=1S/C17H15FO2/c18-15-5-1-12(2-6-15)11-20-16-7-3-13(4-8-16)17-9-14(17)10-19/h1-8,10,14,17H,9,11H2. The second-order valence-electron chi connectivity index (χ2n) is 5.13. The van der Waals surface area contributed by atoms with Gasteiger partial charge >= 0.3 is 0 Å². The smallest absolute Gasteiger partial charge is 0.123 e. The summed E-state index contributed by atoms with van der Waals surface area (Å²) in [7, 11) is 0. The number of benzene rings is 2. The lowest BCUT2D eigenvalue weighted by Gasteiger charge is -2.07. The van der Waals surface area contributed by atoms with Crippen molar-refractivity contribution in [2.45, 2.75) is 18.9 Å². The third-order valence-electron chi connectivity index (χ3n) is 3.64. The molecule has 2 atom stereocenters. The first kappa shape index (κ1) is 12.9. The molecule has 3 heteroatoms. The molecule has 1 aliphatic rings. The molecule has 1 saturated carbocycles. The summed E-state index contributed by atoms with van der Waals surface area (Å²) in [5, 5.41) is 0. The first-order chi connectivity index (χ1) is 9.76. The zero-order valence-corrected chi connectivity index (χ0v) is 11.0. The molecule has 20 heavy (non-hydrogen) atoms. The van der Waals surface area contributed by atoms with E-state index in [1.807, 2.05) is 24.3 Å². The molecule has 0 spiro atoms. The molecule has 0 amide bonds. The Bertz CT molecular complexity index is 589. The summed E-state index contributed by atoms with van der Waals surface area (Å²) in [5.74, 6) is 1.12. The average molecular weight is 270 g/mol. The van der Waals surface area contributed by atoms with Gasteiger partial charge in [0.15, 0.2) is 0 Å². The van der Waals surface area contributed by atoms with Crippen LogP contribution in [0.15, 0.2) is 48.5 Å². The van der Waals surface area contributed by atoms with E-state index < -0.39 is 0 Å². The van der Waals surface area contributed by atoms with Crippen LogP contribution < -0.4 is 4.74 Å². The van der Waals surface area contributed by atoms with Crippen molar-refractivity contribution < 1.29 is 13.9 Å². The Morgan fingerprint density at radius 2 is 1.80 bits per heavy atom. The van der Waals surface area contributed by atoms with Crippen molar-refractivity contribution >= 4 is 6.29 Å². The number of halogens is 1. The lowest BCUT2D eigenvalue weighted by atomic mass is 10.1. The molecule has 102 valence electrons. The topological polar surface area (TPSA) is 26.3 Å². The fraction of sp³-hybridized carbons (Fsp3) is 0.235. The third kappa shape index (κ3) is 2.87. The van der Waals surface area contributed by atoms with Gasteiger partial charge in [-0.3, -0.25) is 0 Å². The number of carbonyl (C=O) groups is 1. The number of ether oxygens (including phenoxy) is 1. The first-order valence-corrected chi connectivity index (χ1v) is 6.69. The molecule has 1 aliphatic carbocycles. The minimum Gasteiger partial charge on any atom is -0.489 e. The minimum atomic E-state index is -0.243. The highest BCUT2D eigenvalue weighted by atomic mass is 19.1. The number of carbonyl (C=O) groups excluding carboxylic acids is 1. The van der Waals surface area contributed by atoms with Crippen molar-refractivity contribution in [3.63, 3.8) is 0 Å². The van der Waals surface area contributed by atoms with Crippen molar-refractivity contribution in [1.82, 2.24) is 0 Å². The van der Waals surface area contributed by atoms with Gasteiger partial charge in [0, 0.05) is 5.92 Å². The molecule has 0 heterocycles. The predicted octanol–water partition coefficient (Wildman–Crippen LogP) is 3.71. The Morgan fingerprint density at radius 1 is 1.10 bits per heavy atom. The van der Waals surface area contributed by atoms with Gasteiger partial charge in [0.05, 0.1) is 0 Å². The number of hydrogen-bond donors (Lipinski definition) is 0. The van der Waals surface area contributed by atoms with Crippen molar-refractivity contribution in [3.8, 4) is 5.75 Å². The molecule has 2 aromatic carbocycles. The summed E-state index contributed by atoms with van der Waals surface area (Å²) in [6.45, 7) is 0.417. The van der Waals surface area contributed by atoms with Gasteiger partial charge in [-0.05, 0) is 47.7 Å². The summed E-state index contributed by atoms with van der Waals surface area (Å²) in [5.41, 5.74) is 2.12. The van der Waals surface area contributed by atoms with Gasteiger partial charge in [0.25, 0.3) is 0 Å². The van der Waals surface area contributed by atoms with Gasteiger partial charge in [-0.2, -0.15) is 0 Å². The van der Waals surface area contributed by atoms with Crippen LogP contribution in [0.1, 0.15) is 23.5 Å². The highest BCUT2D eigenvalue weighted by Crippen LogP contribution is 2.46. The van der Waals surface area contributed by atoms with Crippen LogP contribution in [0.2, 0.25) is 0 Å². The van der Waals surface area contributed by atoms with Gasteiger partial charge in [-0.1, -0.05) is 24.3 Å². The summed E-state index contributed by atoms with van der Waals surface area (Å²) in [6.07, 6.45) is 1.99. The SMILES string of the molecule is O=CC1CC1c1ccc(OCc2ccc(F)cc2)cc1. The lowest BCUT2D eigenvalue weighted by Crippen LogP contribution is -1.95. The van der Waals surface area contributed by atoms with E-state index in [1.54, 1.807) is 12.1 Å². The molecule has 0 aliphatic heterocycles. The van der Waals surface area contributed by atoms with Crippen LogP contribution in [-0.4, -0.2) is 6.29 Å². The Kier molecular flexibility index (Phi) is 3.50. The molecule has 0 saturated heterocycles. The van der Waals surface area contributed by atoms with Crippen molar-refractivity contribution in [2.75, 3.05) is 0 Å². The Morgan fingerprint density at radius 3 is 2.40 bits per heavy atom. The molecule has 0 aromatic heterocycles. The average Bonchev–Trinajstić information content (AvgIpc) is 3.27. The van der Waals surface area contributed by atoms with Gasteiger partial charge in [0.1, 0.15) is 24.5 Å². The van der Waals surface area contributed by atoms with Crippen molar-refractivity contribution in [2.24, 2.45) is 5.92 Å². The summed E-state index contributed by atoms with van der Waals surface area (Å²) in [6, 6.07) is 14.1. The maximum absolute atomic E-state index is 12.8. The monoisotopic (exact) mass is 270 g/mol. The largest absolute Gasteiger partial charge is 0.489 e. The molecule has 2 aromatic rings. The molecule has 2 unspecified atom stereocenters. The molecular weight excluding hydrogens is 255 g/mol. The van der Waals surface area contributed by atoms with E-state index in [1.165, 1.54) is 17.7 Å². The van der Waals surface area contributed by atoms with E-state index in [0.717, 1.165) is 24.0 Å². The Labute approximate surface area is 117 Å². The number of aldehydes is 1. The van der Waals surface area contributed by atoms with E-state index >= 15 is 0 Å². The molecule has 1 fully saturated rings. The van der Waals surface area contributed by atoms with E-state index in [-0.39, 0.29) is 11.7 Å². The predicted molar refractivity (Wildman–Crippen MR) is 74.1 cm³/mol. The zero-order valence-electron chi connectivity index (χ0n) is 11.0. The van der Waals surface area contributed by atoms with Crippen molar-refractivity contribution in [1.29, 1.82) is 0 Å². The summed E-state index contributed by atoms with van der Waals surface area (Å²) >= 11 is 0. The number of hydrogen-bond acceptors (Lipinski definition) is 2. The third-order valence-corrected chi connectivity index (χ3v) is 3.64. The van der Waals surface area contributed by atoms with Crippen LogP contribution >= 0.6 is 0 Å². The molecule has 0 N–H and O–H groups in total. The Hall–Kier alpha value is -2.16. The molecule has 0 radical (unpaired) electrons. The van der Waals surface area contributed by atoms with Gasteiger partial charge in [0.2, 0.25) is 0 Å². The second kappa shape index (κ2) is 5.45. The van der Waals surface area contributed by atoms with Gasteiger partial charge in [-0.25, -0.2) is 4.39 Å². The number of rotatable bonds is 5. The van der Waals surface area contributed by atoms with Crippen LogP contribution in [0.3, 0.4) is 0 Å². The fourth-order valence-corrected chi connectivity index (χ4v) is 2.31. The van der Waals surface area contributed by atoms with Crippen LogP contribution in [0.25, 0.3) is 0 Å². The molecular formula is C17H15FO2. The minimum absolute atomic E-state index is 0.195. The van der Waals surface area contributed by atoms with Crippen LogP contribution in [0.4, 0.5) is 4.39 Å². The second-order valence-corrected chi connectivity index (χ2v) is 5.13. The van der Waals surface area contributed by atoms with E-state index in [9.17, 15) is 9.18 Å². The van der Waals surface area contributed by atoms with Crippen molar-refractivity contribution in [3.05, 3.63) is 65.5 Å². The highest BCUT2D eigenvalue weighted by molar-refractivity contribution is 5.61. The quantitative estimate of drug-likeness (QED) is 0.774.